The zero-order valence-corrected chi connectivity index (χ0v) is 32.6. The summed E-state index contributed by atoms with van der Waals surface area (Å²) in [7, 11) is 0. The molecule has 2 aliphatic heterocycles. The summed E-state index contributed by atoms with van der Waals surface area (Å²) in [5, 5.41) is 58.3. The summed E-state index contributed by atoms with van der Waals surface area (Å²) in [6, 6.07) is 5.55. The van der Waals surface area contributed by atoms with E-state index in [4.69, 9.17) is 10.2 Å². The van der Waals surface area contributed by atoms with Crippen LogP contribution in [0.4, 0.5) is 10.5 Å². The van der Waals surface area contributed by atoms with E-state index in [0.717, 1.165) is 28.4 Å². The van der Waals surface area contributed by atoms with E-state index in [1.165, 1.54) is 4.90 Å². The van der Waals surface area contributed by atoms with Crippen molar-refractivity contribution in [2.75, 3.05) is 70.0 Å². The Kier molecular flexibility index (Phi) is 20.7. The van der Waals surface area contributed by atoms with Gasteiger partial charge in [-0.25, -0.2) is 4.79 Å². The maximum atomic E-state index is 12.5. The summed E-state index contributed by atoms with van der Waals surface area (Å²) in [6.45, 7) is -3.95. The number of carboxylic acid groups (broad SMARTS) is 5. The number of amides is 4. The molecule has 2 fully saturated rings. The van der Waals surface area contributed by atoms with Gasteiger partial charge in [0.05, 0.1) is 51.4 Å². The Morgan fingerprint density at radius 3 is 1.91 bits per heavy atom. The number of hydrogen-bond acceptors (Lipinski definition) is 12. The molecule has 4 amide bonds. The van der Waals surface area contributed by atoms with Crippen LogP contribution in [0.15, 0.2) is 24.3 Å². The van der Waals surface area contributed by atoms with E-state index in [-0.39, 0.29) is 101 Å². The maximum Gasteiger partial charge on any atom is 0.317 e. The largest absolute Gasteiger partial charge is 0.480 e. The number of nitrogens with one attached hydrogen (secondary N) is 4. The van der Waals surface area contributed by atoms with Gasteiger partial charge in [0.1, 0.15) is 0 Å². The van der Waals surface area contributed by atoms with Crippen LogP contribution in [-0.2, 0) is 40.0 Å². The minimum atomic E-state index is -1.33. The van der Waals surface area contributed by atoms with Gasteiger partial charge in [-0.1, -0.05) is 18.6 Å². The third-order valence-corrected chi connectivity index (χ3v) is 10.2. The van der Waals surface area contributed by atoms with Crippen LogP contribution in [0.3, 0.4) is 0 Å². The molecule has 1 aromatic carbocycles. The fourth-order valence-corrected chi connectivity index (χ4v) is 7.86. The quantitative estimate of drug-likeness (QED) is 0.0386. The van der Waals surface area contributed by atoms with Crippen LogP contribution < -0.4 is 21.3 Å². The number of aliphatic carboxylic acids is 5. The number of rotatable bonds is 26. The van der Waals surface area contributed by atoms with Gasteiger partial charge >= 0.3 is 35.9 Å². The monoisotopic (exact) mass is 945 g/mol. The van der Waals surface area contributed by atoms with Crippen molar-refractivity contribution in [1.82, 2.24) is 30.7 Å². The van der Waals surface area contributed by atoms with Crippen molar-refractivity contribution in [2.45, 2.75) is 55.5 Å². The Bertz CT molecular complexity index is 1490. The molecule has 20 nitrogen and oxygen atoms in total. The Morgan fingerprint density at radius 1 is 0.764 bits per heavy atom. The summed E-state index contributed by atoms with van der Waals surface area (Å²) in [6.07, 6.45) is 2.57. The molecular formula is C33H47DyN7O13S. The van der Waals surface area contributed by atoms with Crippen LogP contribution in [0.25, 0.3) is 0 Å². The molecule has 3 rings (SSSR count). The first-order chi connectivity index (χ1) is 25.6. The number of carboxylic acids is 5. The molecule has 1 aromatic rings. The normalized spacial score (nSPS) is 17.8. The van der Waals surface area contributed by atoms with Gasteiger partial charge in [0.25, 0.3) is 0 Å². The van der Waals surface area contributed by atoms with E-state index in [1.807, 2.05) is 0 Å². The molecule has 4 unspecified atom stereocenters. The molecule has 0 aliphatic carbocycles. The first-order valence-electron chi connectivity index (χ1n) is 17.2. The number of urea groups is 1. The summed E-state index contributed by atoms with van der Waals surface area (Å²) < 4.78 is 0. The zero-order valence-electron chi connectivity index (χ0n) is 29.8. The van der Waals surface area contributed by atoms with Crippen LogP contribution in [-0.4, -0.2) is 176 Å². The average Bonchev–Trinajstić information content (AvgIpc) is 3.62. The molecule has 2 aliphatic rings. The number of carbonyl (C=O) groups is 8. The molecule has 308 valence electrons. The van der Waals surface area contributed by atoms with Crippen molar-refractivity contribution in [2.24, 2.45) is 0 Å². The summed E-state index contributed by atoms with van der Waals surface area (Å²) in [5.41, 5.74) is 0.964. The SMILES string of the molecule is O=C(O)CN(CCN(CC(=O)O)CC(Cc1ccc(NC(=O)CNC(=O)CCCCC2SCC3NC(=O)NC32)cc1)N(CC(=O)O)CC(=O)O)CC(=O)O.[Dy]. The van der Waals surface area contributed by atoms with Crippen LogP contribution in [0.5, 0.6) is 0 Å². The van der Waals surface area contributed by atoms with Gasteiger partial charge in [-0.2, -0.15) is 11.8 Å². The van der Waals surface area contributed by atoms with Gasteiger partial charge in [-0.3, -0.25) is 48.3 Å². The van der Waals surface area contributed by atoms with Crippen molar-refractivity contribution in [3.63, 3.8) is 0 Å². The number of hydrogen-bond donors (Lipinski definition) is 9. The molecule has 2 saturated heterocycles. The molecule has 0 aromatic heterocycles. The third kappa shape index (κ3) is 18.2. The topological polar surface area (TPSA) is 296 Å². The average molecular weight is 944 g/mol. The summed E-state index contributed by atoms with van der Waals surface area (Å²) in [5.74, 6) is -6.42. The second-order valence-corrected chi connectivity index (χ2v) is 14.3. The maximum absolute atomic E-state index is 12.5. The first-order valence-corrected chi connectivity index (χ1v) is 18.2. The molecular weight excluding hydrogens is 897 g/mol. The predicted molar refractivity (Wildman–Crippen MR) is 192 cm³/mol. The number of unbranched alkanes of at least 4 members (excludes halogenated alkanes) is 1. The van der Waals surface area contributed by atoms with E-state index in [9.17, 15) is 53.7 Å². The van der Waals surface area contributed by atoms with E-state index in [1.54, 1.807) is 36.0 Å². The number of nitrogens with zero attached hydrogens (tertiary/aromatic N) is 3. The first kappa shape index (κ1) is 47.4. The van der Waals surface area contributed by atoms with Gasteiger partial charge in [-0.05, 0) is 37.0 Å². The van der Waals surface area contributed by atoms with Crippen LogP contribution >= 0.6 is 11.8 Å². The smallest absolute Gasteiger partial charge is 0.317 e. The molecule has 9 N–H and O–H groups in total. The van der Waals surface area contributed by atoms with Crippen molar-refractivity contribution in [3.05, 3.63) is 29.8 Å². The molecule has 0 saturated carbocycles. The van der Waals surface area contributed by atoms with Gasteiger partial charge < -0.3 is 46.8 Å². The second kappa shape index (κ2) is 24.0. The third-order valence-electron chi connectivity index (χ3n) is 8.71. The van der Waals surface area contributed by atoms with Crippen molar-refractivity contribution < 1.29 is 102 Å². The van der Waals surface area contributed by atoms with Gasteiger partial charge in [0.15, 0.2) is 0 Å². The predicted octanol–water partition coefficient (Wildman–Crippen LogP) is -1.29. The number of thioether (sulfide) groups is 1. The van der Waals surface area contributed by atoms with Crippen molar-refractivity contribution in [1.29, 1.82) is 0 Å². The number of fused-ring (bicyclic) bond motifs is 1. The van der Waals surface area contributed by atoms with Crippen LogP contribution in [0, 0.1) is 38.2 Å². The Balaban J connectivity index is 0.0000105. The van der Waals surface area contributed by atoms with Gasteiger partial charge in [0.2, 0.25) is 11.8 Å². The van der Waals surface area contributed by atoms with Gasteiger partial charge in [-0.15, -0.1) is 0 Å². The Morgan fingerprint density at radius 2 is 1.33 bits per heavy atom. The number of carbonyl (C=O) groups excluding carboxylic acids is 3. The molecule has 22 heteroatoms. The molecule has 55 heavy (non-hydrogen) atoms. The summed E-state index contributed by atoms with van der Waals surface area (Å²) in [4.78, 5) is 97.5. The molecule has 0 bridgehead atoms. The molecule has 4 atom stereocenters. The second-order valence-electron chi connectivity index (χ2n) is 13.1. The van der Waals surface area contributed by atoms with Crippen molar-refractivity contribution in [3.8, 4) is 0 Å². The van der Waals surface area contributed by atoms with Gasteiger partial charge in [0, 0.05) is 87.0 Å². The minimum Gasteiger partial charge on any atom is -0.480 e. The van der Waals surface area contributed by atoms with Crippen molar-refractivity contribution >= 4 is 65.1 Å². The zero-order chi connectivity index (χ0) is 39.8. The fourth-order valence-electron chi connectivity index (χ4n) is 6.32. The molecule has 0 spiro atoms. The standard InChI is InChI=1S/C33H47N7O13S.Dy/c41-25(4-2-1-3-24-32-23(19-54-24)36-33(53)37-32)34-12-26(42)35-21-7-5-20(6-8-21)11-22(40(17-30(49)50)18-31(51)52)13-38(14-27(43)44)9-10-39(15-28(45)46)16-29(47)48;/h5-8,22-24,32H,1-4,9-19H2,(H,34,41)(H,35,42)(H,43,44)(H,45,46)(H,47,48)(H,49,50)(H,51,52)(H2,36,37,53);. The Hall–Kier alpha value is -3.72. The van der Waals surface area contributed by atoms with E-state index in [2.05, 4.69) is 21.3 Å². The number of benzene rings is 1. The van der Waals surface area contributed by atoms with E-state index in [0.29, 0.717) is 22.9 Å². The van der Waals surface area contributed by atoms with Crippen LogP contribution in [0.2, 0.25) is 0 Å². The number of anilines is 1. The van der Waals surface area contributed by atoms with E-state index < -0.39 is 74.5 Å². The molecule has 0 radical (unpaired) electrons. The minimum absolute atomic E-state index is 0. The fraction of sp³-hybridized carbons (Fsp3) is 0.576. The molecule has 2 heterocycles. The Labute approximate surface area is 351 Å². The van der Waals surface area contributed by atoms with Crippen LogP contribution in [0.1, 0.15) is 31.2 Å². The van der Waals surface area contributed by atoms with E-state index >= 15 is 0 Å². The summed E-state index contributed by atoms with van der Waals surface area (Å²) >= 11 is 1.80.